The van der Waals surface area contributed by atoms with Gasteiger partial charge in [0.25, 0.3) is 0 Å². The van der Waals surface area contributed by atoms with Crippen LogP contribution in [0.1, 0.15) is 46.6 Å². The molecule has 0 fully saturated rings. The van der Waals surface area contributed by atoms with Gasteiger partial charge in [-0.1, -0.05) is 84.6 Å². The Morgan fingerprint density at radius 3 is 2.38 bits per heavy atom. The molecule has 0 saturated carbocycles. The minimum absolute atomic E-state index is 0.214. The second-order valence-corrected chi connectivity index (χ2v) is 10.7. The van der Waals surface area contributed by atoms with Crippen LogP contribution >= 0.6 is 11.8 Å². The van der Waals surface area contributed by atoms with Gasteiger partial charge in [-0.3, -0.25) is 9.36 Å². The summed E-state index contributed by atoms with van der Waals surface area (Å²) in [5.74, 6) is 2.62. The zero-order valence-electron chi connectivity index (χ0n) is 21.6. The van der Waals surface area contributed by atoms with Crippen LogP contribution in [0.5, 0.6) is 5.75 Å². The minimum Gasteiger partial charge on any atom is -0.486 e. The Hall–Kier alpha value is -4.16. The van der Waals surface area contributed by atoms with Crippen molar-refractivity contribution in [3.8, 4) is 22.6 Å². The number of thioether (sulfide) groups is 1. The average Bonchev–Trinajstić information content (AvgIpc) is 3.57. The van der Waals surface area contributed by atoms with Crippen LogP contribution in [0.15, 0.2) is 108 Å². The van der Waals surface area contributed by atoms with Gasteiger partial charge in [-0.2, -0.15) is 0 Å². The monoisotopic (exact) mass is 531 g/mol. The Balaban J connectivity index is 1.05. The van der Waals surface area contributed by atoms with Crippen LogP contribution in [0, 0.1) is 0 Å². The molecule has 39 heavy (non-hydrogen) atoms. The zero-order chi connectivity index (χ0) is 26.4. The lowest BCUT2D eigenvalue weighted by Gasteiger charge is -2.11. The Morgan fingerprint density at radius 2 is 1.54 bits per heavy atom. The highest BCUT2D eigenvalue weighted by Crippen LogP contribution is 2.37. The van der Waals surface area contributed by atoms with Gasteiger partial charge >= 0.3 is 0 Å². The van der Waals surface area contributed by atoms with Gasteiger partial charge in [-0.15, -0.1) is 10.2 Å². The number of aromatic nitrogens is 3. The molecule has 0 unspecified atom stereocenters. The maximum absolute atomic E-state index is 12.9. The number of hydrogen-bond donors (Lipinski definition) is 0. The largest absolute Gasteiger partial charge is 0.486 e. The first-order valence-electron chi connectivity index (χ1n) is 13.3. The van der Waals surface area contributed by atoms with Crippen LogP contribution in [-0.2, 0) is 13.0 Å². The molecular formula is C33H29N3O2S. The molecule has 194 valence electrons. The first-order valence-corrected chi connectivity index (χ1v) is 14.3. The lowest BCUT2D eigenvalue weighted by molar-refractivity contribution is 0.0980. The van der Waals surface area contributed by atoms with E-state index in [9.17, 15) is 4.79 Å². The molecule has 1 aliphatic rings. The second kappa shape index (κ2) is 11.7. The summed E-state index contributed by atoms with van der Waals surface area (Å²) in [5.41, 5.74) is 6.97. The van der Waals surface area contributed by atoms with E-state index in [-0.39, 0.29) is 5.78 Å². The summed E-state index contributed by atoms with van der Waals surface area (Å²) < 4.78 is 8.01. The SMILES string of the molecule is O=C(CCCCSc1nnc(COc2ccccc2)n1-c1ccccc1)c1ccc2c(c1)Cc1ccccc1-2. The molecule has 0 atom stereocenters. The number of benzene rings is 4. The third kappa shape index (κ3) is 5.66. The highest BCUT2D eigenvalue weighted by atomic mass is 32.2. The van der Waals surface area contributed by atoms with Crippen molar-refractivity contribution < 1.29 is 9.53 Å². The normalized spacial score (nSPS) is 11.7. The van der Waals surface area contributed by atoms with E-state index in [4.69, 9.17) is 4.74 Å². The number of para-hydroxylation sites is 2. The van der Waals surface area contributed by atoms with Crippen molar-refractivity contribution in [3.05, 3.63) is 126 Å². The van der Waals surface area contributed by atoms with Crippen molar-refractivity contribution in [2.75, 3.05) is 5.75 Å². The van der Waals surface area contributed by atoms with Gasteiger partial charge in [-0.05, 0) is 71.8 Å². The third-order valence-electron chi connectivity index (χ3n) is 6.97. The zero-order valence-corrected chi connectivity index (χ0v) is 22.4. The van der Waals surface area contributed by atoms with Gasteiger partial charge in [0.2, 0.25) is 0 Å². The summed E-state index contributed by atoms with van der Waals surface area (Å²) in [4.78, 5) is 12.9. The third-order valence-corrected chi connectivity index (χ3v) is 7.99. The van der Waals surface area contributed by atoms with Crippen LogP contribution in [0.2, 0.25) is 0 Å². The Bertz CT molecular complexity index is 1580. The summed E-state index contributed by atoms with van der Waals surface area (Å²) in [5, 5.41) is 9.73. The van der Waals surface area contributed by atoms with E-state index in [1.54, 1.807) is 11.8 Å². The summed E-state index contributed by atoms with van der Waals surface area (Å²) in [6, 6.07) is 34.5. The number of rotatable bonds is 11. The van der Waals surface area contributed by atoms with Crippen LogP contribution in [0.4, 0.5) is 0 Å². The molecule has 1 aliphatic carbocycles. The lowest BCUT2D eigenvalue weighted by Crippen LogP contribution is -2.06. The standard InChI is InChI=1S/C33H29N3O2S/c37-31(25-18-19-30-26(22-25)21-24-11-7-8-16-29(24)30)17-9-10-20-39-33-35-34-32(23-38-28-14-5-2-6-15-28)36(33)27-12-3-1-4-13-27/h1-8,11-16,18-19,22H,9-10,17,20-21,23H2. The number of ketones is 1. The van der Waals surface area contributed by atoms with Crippen molar-refractivity contribution in [1.29, 1.82) is 0 Å². The summed E-state index contributed by atoms with van der Waals surface area (Å²) in [6.07, 6.45) is 3.22. The number of fused-ring (bicyclic) bond motifs is 3. The molecule has 5 nitrogen and oxygen atoms in total. The number of ether oxygens (including phenoxy) is 1. The number of hydrogen-bond acceptors (Lipinski definition) is 5. The van der Waals surface area contributed by atoms with E-state index < -0.39 is 0 Å². The highest BCUT2D eigenvalue weighted by molar-refractivity contribution is 7.99. The van der Waals surface area contributed by atoms with E-state index in [0.29, 0.717) is 13.0 Å². The second-order valence-electron chi connectivity index (χ2n) is 9.61. The predicted molar refractivity (Wildman–Crippen MR) is 156 cm³/mol. The molecule has 0 bridgehead atoms. The quantitative estimate of drug-likeness (QED) is 0.0981. The highest BCUT2D eigenvalue weighted by Gasteiger charge is 2.19. The molecule has 0 N–H and O–H groups in total. The van der Waals surface area contributed by atoms with Crippen LogP contribution in [0.25, 0.3) is 16.8 Å². The van der Waals surface area contributed by atoms with Crippen LogP contribution in [-0.4, -0.2) is 26.3 Å². The predicted octanol–water partition coefficient (Wildman–Crippen LogP) is 7.56. The molecule has 0 spiro atoms. The topological polar surface area (TPSA) is 57.0 Å². The fourth-order valence-corrected chi connectivity index (χ4v) is 5.97. The van der Waals surface area contributed by atoms with E-state index >= 15 is 0 Å². The molecule has 6 rings (SSSR count). The van der Waals surface area contributed by atoms with E-state index in [0.717, 1.165) is 53.0 Å². The molecular weight excluding hydrogens is 502 g/mol. The van der Waals surface area contributed by atoms with Crippen molar-refractivity contribution in [3.63, 3.8) is 0 Å². The maximum Gasteiger partial charge on any atom is 0.195 e. The number of carbonyl (C=O) groups excluding carboxylic acids is 1. The van der Waals surface area contributed by atoms with Crippen molar-refractivity contribution >= 4 is 17.5 Å². The molecule has 1 aromatic heterocycles. The summed E-state index contributed by atoms with van der Waals surface area (Å²) >= 11 is 1.66. The molecule has 6 heteroatoms. The number of Topliss-reactive ketones (excluding diaryl/α,β-unsaturated/α-hetero) is 1. The Kier molecular flexibility index (Phi) is 7.54. The molecule has 0 saturated heterocycles. The summed E-state index contributed by atoms with van der Waals surface area (Å²) in [7, 11) is 0. The van der Waals surface area contributed by atoms with Crippen LogP contribution < -0.4 is 4.74 Å². The average molecular weight is 532 g/mol. The molecule has 0 radical (unpaired) electrons. The van der Waals surface area contributed by atoms with Crippen molar-refractivity contribution in [2.24, 2.45) is 0 Å². The van der Waals surface area contributed by atoms with E-state index in [2.05, 4.69) is 51.2 Å². The van der Waals surface area contributed by atoms with Crippen LogP contribution in [0.3, 0.4) is 0 Å². The molecule has 0 aliphatic heterocycles. The van der Waals surface area contributed by atoms with Gasteiger partial charge in [0, 0.05) is 23.4 Å². The molecule has 5 aromatic rings. The van der Waals surface area contributed by atoms with Crippen molar-refractivity contribution in [2.45, 2.75) is 37.4 Å². The molecule has 4 aromatic carbocycles. The van der Waals surface area contributed by atoms with E-state index in [1.165, 1.54) is 22.3 Å². The number of carbonyl (C=O) groups is 1. The van der Waals surface area contributed by atoms with Gasteiger partial charge in [0.05, 0.1) is 0 Å². The van der Waals surface area contributed by atoms with Gasteiger partial charge < -0.3 is 4.74 Å². The fraction of sp³-hybridized carbons (Fsp3) is 0.182. The van der Waals surface area contributed by atoms with Crippen molar-refractivity contribution in [1.82, 2.24) is 14.8 Å². The number of unbranched alkanes of at least 4 members (excludes halogenated alkanes) is 1. The van der Waals surface area contributed by atoms with Gasteiger partial charge in [0.15, 0.2) is 16.8 Å². The fourth-order valence-electron chi connectivity index (χ4n) is 5.00. The smallest absolute Gasteiger partial charge is 0.195 e. The molecule has 1 heterocycles. The maximum atomic E-state index is 12.9. The first-order chi connectivity index (χ1) is 19.3. The summed E-state index contributed by atoms with van der Waals surface area (Å²) in [6.45, 7) is 0.326. The Morgan fingerprint density at radius 1 is 0.795 bits per heavy atom. The number of nitrogens with zero attached hydrogens (tertiary/aromatic N) is 3. The first kappa shape index (κ1) is 25.1. The molecule has 0 amide bonds. The Labute approximate surface area is 232 Å². The van der Waals surface area contributed by atoms with E-state index in [1.807, 2.05) is 66.7 Å². The van der Waals surface area contributed by atoms with Gasteiger partial charge in [0.1, 0.15) is 12.4 Å². The lowest BCUT2D eigenvalue weighted by atomic mass is 9.99. The van der Waals surface area contributed by atoms with Gasteiger partial charge in [-0.25, -0.2) is 0 Å². The minimum atomic E-state index is 0.214.